The molecule has 1 fully saturated rings. The second kappa shape index (κ2) is 6.86. The van der Waals surface area contributed by atoms with Crippen molar-refractivity contribution in [1.29, 1.82) is 0 Å². The van der Waals surface area contributed by atoms with Crippen LogP contribution < -0.4 is 0 Å². The van der Waals surface area contributed by atoms with Crippen molar-refractivity contribution in [2.24, 2.45) is 5.92 Å². The van der Waals surface area contributed by atoms with Crippen LogP contribution in [0, 0.1) is 5.92 Å². The Hall–Kier alpha value is -1.64. The van der Waals surface area contributed by atoms with Crippen molar-refractivity contribution < 1.29 is 5.11 Å². The first-order chi connectivity index (χ1) is 11.0. The monoisotopic (exact) mass is 309 g/mol. The molecule has 0 amide bonds. The summed E-state index contributed by atoms with van der Waals surface area (Å²) in [6, 6.07) is 21.9. The molecule has 1 aliphatic carbocycles. The van der Waals surface area contributed by atoms with E-state index in [1.807, 2.05) is 13.8 Å². The summed E-state index contributed by atoms with van der Waals surface area (Å²) < 4.78 is 0. The highest BCUT2D eigenvalue weighted by Crippen LogP contribution is 2.40. The zero-order valence-corrected chi connectivity index (χ0v) is 14.2. The van der Waals surface area contributed by atoms with E-state index >= 15 is 0 Å². The van der Waals surface area contributed by atoms with Crippen molar-refractivity contribution in [2.75, 3.05) is 0 Å². The van der Waals surface area contributed by atoms with E-state index in [9.17, 15) is 5.11 Å². The quantitative estimate of drug-likeness (QED) is 0.863. The zero-order valence-electron chi connectivity index (χ0n) is 14.2. The Morgan fingerprint density at radius 1 is 0.870 bits per heavy atom. The Morgan fingerprint density at radius 2 is 1.30 bits per heavy atom. The third-order valence-corrected chi connectivity index (χ3v) is 5.09. The average molecular weight is 309 g/mol. The predicted molar refractivity (Wildman–Crippen MR) is 94.9 cm³/mol. The summed E-state index contributed by atoms with van der Waals surface area (Å²) in [5.74, 6) is 0.418. The maximum Gasteiger partial charge on any atom is 0.0620 e. The maximum absolute atomic E-state index is 10.2. The second-order valence-electron chi connectivity index (χ2n) is 7.35. The van der Waals surface area contributed by atoms with Gasteiger partial charge in [-0.25, -0.2) is 0 Å². The van der Waals surface area contributed by atoms with Gasteiger partial charge in [-0.2, -0.15) is 0 Å². The molecule has 2 aromatic rings. The molecule has 1 aliphatic rings. The molecule has 0 spiro atoms. The fourth-order valence-electron chi connectivity index (χ4n) is 3.41. The van der Waals surface area contributed by atoms with Crippen LogP contribution in [0.5, 0.6) is 0 Å². The summed E-state index contributed by atoms with van der Waals surface area (Å²) >= 11 is 0. The zero-order chi connectivity index (χ0) is 16.3. The normalized spacial score (nSPS) is 21.2. The van der Waals surface area contributed by atoms with Crippen LogP contribution in [0.1, 0.15) is 37.8 Å². The van der Waals surface area contributed by atoms with Gasteiger partial charge in [-0.1, -0.05) is 60.7 Å². The number of hydrogen-bond acceptors (Lipinski definition) is 2. The van der Waals surface area contributed by atoms with E-state index in [0.717, 1.165) is 25.9 Å². The molecule has 0 heterocycles. The molecule has 0 aliphatic heterocycles. The molecule has 0 atom stereocenters. The molecule has 0 aromatic heterocycles. The average Bonchev–Trinajstić information content (AvgIpc) is 2.46. The first kappa shape index (κ1) is 16.2. The van der Waals surface area contributed by atoms with Crippen LogP contribution in [-0.4, -0.2) is 21.6 Å². The SMILES string of the molecule is CC(C)(O)C1CC(N(Cc2ccccc2)Cc2ccccc2)C1. The maximum atomic E-state index is 10.2. The number of benzene rings is 2. The minimum absolute atomic E-state index is 0.418. The van der Waals surface area contributed by atoms with Gasteiger partial charge in [0.25, 0.3) is 0 Å². The minimum Gasteiger partial charge on any atom is -0.390 e. The van der Waals surface area contributed by atoms with Gasteiger partial charge in [-0.3, -0.25) is 4.90 Å². The molecule has 0 saturated heterocycles. The summed E-state index contributed by atoms with van der Waals surface area (Å²) in [7, 11) is 0. The lowest BCUT2D eigenvalue weighted by Crippen LogP contribution is -2.50. The molecule has 2 aromatic carbocycles. The van der Waals surface area contributed by atoms with Gasteiger partial charge >= 0.3 is 0 Å². The lowest BCUT2D eigenvalue weighted by Gasteiger charge is -2.47. The summed E-state index contributed by atoms with van der Waals surface area (Å²) in [4.78, 5) is 2.56. The first-order valence-electron chi connectivity index (χ1n) is 8.56. The minimum atomic E-state index is -0.554. The van der Waals surface area contributed by atoms with Crippen LogP contribution >= 0.6 is 0 Å². The third-order valence-electron chi connectivity index (χ3n) is 5.09. The van der Waals surface area contributed by atoms with Crippen LogP contribution in [0.2, 0.25) is 0 Å². The highest BCUT2D eigenvalue weighted by atomic mass is 16.3. The largest absolute Gasteiger partial charge is 0.390 e. The second-order valence-corrected chi connectivity index (χ2v) is 7.35. The van der Waals surface area contributed by atoms with Crippen molar-refractivity contribution in [1.82, 2.24) is 4.90 Å². The molecule has 0 radical (unpaired) electrons. The van der Waals surface area contributed by atoms with E-state index in [4.69, 9.17) is 0 Å². The summed E-state index contributed by atoms with van der Waals surface area (Å²) in [5, 5.41) is 10.2. The fraction of sp³-hybridized carbons (Fsp3) is 0.429. The fourth-order valence-corrected chi connectivity index (χ4v) is 3.41. The Bertz CT molecular complexity index is 555. The van der Waals surface area contributed by atoms with Gasteiger partial charge in [0.1, 0.15) is 0 Å². The smallest absolute Gasteiger partial charge is 0.0620 e. The molecular formula is C21H27NO. The molecule has 122 valence electrons. The molecule has 2 nitrogen and oxygen atoms in total. The molecular weight excluding hydrogens is 282 g/mol. The topological polar surface area (TPSA) is 23.5 Å². The van der Waals surface area contributed by atoms with E-state index in [-0.39, 0.29) is 0 Å². The van der Waals surface area contributed by atoms with E-state index in [2.05, 4.69) is 65.6 Å². The third kappa shape index (κ3) is 4.21. The van der Waals surface area contributed by atoms with E-state index in [1.165, 1.54) is 11.1 Å². The number of aliphatic hydroxyl groups is 1. The summed E-state index contributed by atoms with van der Waals surface area (Å²) in [6.45, 7) is 5.82. The van der Waals surface area contributed by atoms with Crippen molar-refractivity contribution >= 4 is 0 Å². The molecule has 1 N–H and O–H groups in total. The lowest BCUT2D eigenvalue weighted by atomic mass is 9.70. The highest BCUT2D eigenvalue weighted by molar-refractivity contribution is 5.18. The van der Waals surface area contributed by atoms with Crippen LogP contribution in [0.4, 0.5) is 0 Å². The van der Waals surface area contributed by atoms with Gasteiger partial charge < -0.3 is 5.11 Å². The van der Waals surface area contributed by atoms with Crippen molar-refractivity contribution in [3.8, 4) is 0 Å². The highest BCUT2D eigenvalue weighted by Gasteiger charge is 2.41. The van der Waals surface area contributed by atoms with E-state index in [0.29, 0.717) is 12.0 Å². The van der Waals surface area contributed by atoms with Gasteiger partial charge in [-0.15, -0.1) is 0 Å². The van der Waals surface area contributed by atoms with Crippen LogP contribution in [0.15, 0.2) is 60.7 Å². The van der Waals surface area contributed by atoms with Crippen molar-refractivity contribution in [3.63, 3.8) is 0 Å². The van der Waals surface area contributed by atoms with Crippen LogP contribution in [0.25, 0.3) is 0 Å². The standard InChI is InChI=1S/C21H27NO/c1-21(2,23)19-13-20(14-19)22(15-17-9-5-3-6-10-17)16-18-11-7-4-8-12-18/h3-12,19-20,23H,13-16H2,1-2H3. The number of hydrogen-bond donors (Lipinski definition) is 1. The Kier molecular flexibility index (Phi) is 4.84. The number of nitrogens with zero attached hydrogens (tertiary/aromatic N) is 1. The number of rotatable bonds is 6. The van der Waals surface area contributed by atoms with Gasteiger partial charge in [0.05, 0.1) is 5.60 Å². The van der Waals surface area contributed by atoms with Crippen LogP contribution in [-0.2, 0) is 13.1 Å². The Balaban J connectivity index is 1.69. The molecule has 0 unspecified atom stereocenters. The van der Waals surface area contributed by atoms with E-state index < -0.39 is 5.60 Å². The van der Waals surface area contributed by atoms with Gasteiger partial charge in [-0.05, 0) is 43.7 Å². The summed E-state index contributed by atoms with van der Waals surface area (Å²) in [5.41, 5.74) is 2.16. The molecule has 23 heavy (non-hydrogen) atoms. The lowest BCUT2D eigenvalue weighted by molar-refractivity contribution is -0.0625. The molecule has 1 saturated carbocycles. The van der Waals surface area contributed by atoms with Gasteiger partial charge in [0.15, 0.2) is 0 Å². The van der Waals surface area contributed by atoms with Crippen molar-refractivity contribution in [2.45, 2.75) is 51.4 Å². The summed E-state index contributed by atoms with van der Waals surface area (Å²) in [6.07, 6.45) is 2.17. The Labute approximate surface area is 139 Å². The van der Waals surface area contributed by atoms with Crippen LogP contribution in [0.3, 0.4) is 0 Å². The molecule has 3 rings (SSSR count). The van der Waals surface area contributed by atoms with Gasteiger partial charge in [0.2, 0.25) is 0 Å². The predicted octanol–water partition coefficient (Wildman–Crippen LogP) is 4.24. The Morgan fingerprint density at radius 3 is 1.70 bits per heavy atom. The van der Waals surface area contributed by atoms with E-state index in [1.54, 1.807) is 0 Å². The first-order valence-corrected chi connectivity index (χ1v) is 8.56. The van der Waals surface area contributed by atoms with Gasteiger partial charge in [0, 0.05) is 19.1 Å². The molecule has 2 heteroatoms. The molecule has 0 bridgehead atoms. The van der Waals surface area contributed by atoms with Crippen molar-refractivity contribution in [3.05, 3.63) is 71.8 Å².